The van der Waals surface area contributed by atoms with E-state index in [2.05, 4.69) is 5.32 Å². The lowest BCUT2D eigenvalue weighted by Crippen LogP contribution is -2.44. The van der Waals surface area contributed by atoms with Crippen LogP contribution in [-0.4, -0.2) is 45.8 Å². The molecule has 80 valence electrons. The molecule has 0 aliphatic heterocycles. The highest BCUT2D eigenvalue weighted by Gasteiger charge is 2.40. The van der Waals surface area contributed by atoms with E-state index in [1.165, 1.54) is 7.05 Å². The number of nitrogens with one attached hydrogen (secondary N) is 1. The number of carbonyl (C=O) groups is 3. The molecule has 0 aromatic rings. The maximum Gasteiger partial charge on any atom is 0.336 e. The summed E-state index contributed by atoms with van der Waals surface area (Å²) in [6, 6.07) is 0. The number of aliphatic hydroxyl groups is 1. The zero-order valence-electron chi connectivity index (χ0n) is 7.48. The molecule has 1 amide bonds. The van der Waals surface area contributed by atoms with Gasteiger partial charge in [0.05, 0.1) is 12.8 Å². The molecule has 0 rings (SSSR count). The van der Waals surface area contributed by atoms with Gasteiger partial charge in [0.1, 0.15) is 0 Å². The smallest absolute Gasteiger partial charge is 0.336 e. The third-order valence-corrected chi connectivity index (χ3v) is 1.57. The summed E-state index contributed by atoms with van der Waals surface area (Å²) < 4.78 is 0. The Morgan fingerprint density at radius 3 is 2.00 bits per heavy atom. The summed E-state index contributed by atoms with van der Waals surface area (Å²) >= 11 is 0. The molecule has 1 atom stereocenters. The standard InChI is InChI=1S/C7H11NO6/c1-8-4(9)2-7(14,6(12)13)3-5(10)11/h14H,2-3H2,1H3,(H,8,9)(H,10,11)(H,12,13). The number of carboxylic acids is 2. The van der Waals surface area contributed by atoms with Gasteiger partial charge in [-0.1, -0.05) is 0 Å². The Morgan fingerprint density at radius 1 is 1.21 bits per heavy atom. The quantitative estimate of drug-likeness (QED) is 0.429. The fraction of sp³-hybridized carbons (Fsp3) is 0.571. The van der Waals surface area contributed by atoms with E-state index in [4.69, 9.17) is 10.2 Å². The zero-order chi connectivity index (χ0) is 11.4. The van der Waals surface area contributed by atoms with Gasteiger partial charge in [-0.15, -0.1) is 0 Å². The Labute approximate surface area is 79.3 Å². The van der Waals surface area contributed by atoms with Crippen LogP contribution >= 0.6 is 0 Å². The van der Waals surface area contributed by atoms with E-state index in [1.807, 2.05) is 0 Å². The summed E-state index contributed by atoms with van der Waals surface area (Å²) in [5.74, 6) is -3.96. The first-order chi connectivity index (χ1) is 6.31. The van der Waals surface area contributed by atoms with E-state index in [0.717, 1.165) is 0 Å². The van der Waals surface area contributed by atoms with Crippen molar-refractivity contribution >= 4 is 17.8 Å². The molecule has 0 radical (unpaired) electrons. The Balaban J connectivity index is 4.63. The highest BCUT2D eigenvalue weighted by atomic mass is 16.4. The van der Waals surface area contributed by atoms with Gasteiger partial charge >= 0.3 is 11.9 Å². The first-order valence-electron chi connectivity index (χ1n) is 3.70. The maximum absolute atomic E-state index is 10.8. The van der Waals surface area contributed by atoms with Crippen LogP contribution in [0.15, 0.2) is 0 Å². The fourth-order valence-corrected chi connectivity index (χ4v) is 0.818. The molecule has 0 aliphatic rings. The average molecular weight is 205 g/mol. The molecule has 7 heteroatoms. The van der Waals surface area contributed by atoms with E-state index in [9.17, 15) is 19.5 Å². The van der Waals surface area contributed by atoms with Crippen molar-refractivity contribution in [1.82, 2.24) is 5.32 Å². The van der Waals surface area contributed by atoms with Crippen molar-refractivity contribution in [2.24, 2.45) is 0 Å². The van der Waals surface area contributed by atoms with Crippen LogP contribution in [0.2, 0.25) is 0 Å². The van der Waals surface area contributed by atoms with Gasteiger partial charge in [0.15, 0.2) is 5.60 Å². The van der Waals surface area contributed by atoms with Crippen LogP contribution < -0.4 is 5.32 Å². The van der Waals surface area contributed by atoms with Crippen LogP contribution in [0.25, 0.3) is 0 Å². The van der Waals surface area contributed by atoms with Gasteiger partial charge in [0, 0.05) is 7.05 Å². The first-order valence-corrected chi connectivity index (χ1v) is 3.70. The average Bonchev–Trinajstić information content (AvgIpc) is 2.02. The third-order valence-electron chi connectivity index (χ3n) is 1.57. The molecule has 0 spiro atoms. The van der Waals surface area contributed by atoms with E-state index >= 15 is 0 Å². The van der Waals surface area contributed by atoms with Crippen molar-refractivity contribution in [3.05, 3.63) is 0 Å². The van der Waals surface area contributed by atoms with Crippen molar-refractivity contribution in [1.29, 1.82) is 0 Å². The summed E-state index contributed by atoms with van der Waals surface area (Å²) in [4.78, 5) is 31.5. The minimum Gasteiger partial charge on any atom is -0.481 e. The lowest BCUT2D eigenvalue weighted by Gasteiger charge is -2.19. The van der Waals surface area contributed by atoms with Gasteiger partial charge in [-0.25, -0.2) is 4.79 Å². The largest absolute Gasteiger partial charge is 0.481 e. The first kappa shape index (κ1) is 12.4. The molecule has 7 nitrogen and oxygen atoms in total. The number of carbonyl (C=O) groups excluding carboxylic acids is 1. The molecule has 0 fully saturated rings. The molecule has 0 bridgehead atoms. The normalized spacial score (nSPS) is 14.1. The molecule has 4 N–H and O–H groups in total. The van der Waals surface area contributed by atoms with Crippen LogP contribution in [0.1, 0.15) is 12.8 Å². The minimum absolute atomic E-state index is 0.740. The number of rotatable bonds is 5. The highest BCUT2D eigenvalue weighted by Crippen LogP contribution is 2.15. The molecule has 1 unspecified atom stereocenters. The second kappa shape index (κ2) is 4.56. The molecule has 0 heterocycles. The van der Waals surface area contributed by atoms with Gasteiger partial charge < -0.3 is 20.6 Å². The minimum atomic E-state index is -2.55. The van der Waals surface area contributed by atoms with Crippen LogP contribution in [0.4, 0.5) is 0 Å². The number of amides is 1. The van der Waals surface area contributed by atoms with Gasteiger partial charge in [-0.05, 0) is 0 Å². The Morgan fingerprint density at radius 2 is 1.71 bits per heavy atom. The highest BCUT2D eigenvalue weighted by molar-refractivity contribution is 5.90. The van der Waals surface area contributed by atoms with Crippen LogP contribution in [0.5, 0.6) is 0 Å². The third kappa shape index (κ3) is 3.40. The fourth-order valence-electron chi connectivity index (χ4n) is 0.818. The summed E-state index contributed by atoms with van der Waals surface area (Å²) in [5.41, 5.74) is -2.55. The predicted octanol–water partition coefficient (Wildman–Crippen LogP) is -1.59. The van der Waals surface area contributed by atoms with Crippen LogP contribution in [-0.2, 0) is 14.4 Å². The topological polar surface area (TPSA) is 124 Å². The van der Waals surface area contributed by atoms with E-state index in [1.54, 1.807) is 0 Å². The van der Waals surface area contributed by atoms with Gasteiger partial charge in [0.2, 0.25) is 5.91 Å². The molecule has 14 heavy (non-hydrogen) atoms. The maximum atomic E-state index is 10.8. The van der Waals surface area contributed by atoms with E-state index in [-0.39, 0.29) is 0 Å². The Bertz CT molecular complexity index is 263. The number of hydrogen-bond donors (Lipinski definition) is 4. The zero-order valence-corrected chi connectivity index (χ0v) is 7.48. The SMILES string of the molecule is CNC(=O)CC(O)(CC(=O)O)C(=O)O. The van der Waals surface area contributed by atoms with E-state index in [0.29, 0.717) is 0 Å². The number of aliphatic carboxylic acids is 2. The van der Waals surface area contributed by atoms with Crippen molar-refractivity contribution < 1.29 is 29.7 Å². The molecule has 0 saturated carbocycles. The summed E-state index contributed by atoms with van der Waals surface area (Å²) in [6.45, 7) is 0. The molecular weight excluding hydrogens is 194 g/mol. The predicted molar refractivity (Wildman–Crippen MR) is 43.5 cm³/mol. The second-order valence-corrected chi connectivity index (χ2v) is 2.76. The number of hydrogen-bond acceptors (Lipinski definition) is 4. The molecular formula is C7H11NO6. The Hall–Kier alpha value is -1.63. The molecule has 0 aliphatic carbocycles. The van der Waals surface area contributed by atoms with Gasteiger partial charge in [-0.2, -0.15) is 0 Å². The van der Waals surface area contributed by atoms with Crippen LogP contribution in [0, 0.1) is 0 Å². The molecule has 0 saturated heterocycles. The summed E-state index contributed by atoms with van der Waals surface area (Å²) in [7, 11) is 1.26. The lowest BCUT2D eigenvalue weighted by atomic mass is 9.95. The summed E-state index contributed by atoms with van der Waals surface area (Å²) in [6.07, 6.45) is -1.80. The van der Waals surface area contributed by atoms with Crippen LogP contribution in [0.3, 0.4) is 0 Å². The molecule has 0 aromatic heterocycles. The monoisotopic (exact) mass is 205 g/mol. The lowest BCUT2D eigenvalue weighted by molar-refractivity contribution is -0.167. The summed E-state index contributed by atoms with van der Waals surface area (Å²) in [5, 5.41) is 28.3. The van der Waals surface area contributed by atoms with Crippen molar-refractivity contribution in [3.63, 3.8) is 0 Å². The van der Waals surface area contributed by atoms with Gasteiger partial charge in [0.25, 0.3) is 0 Å². The van der Waals surface area contributed by atoms with Crippen molar-refractivity contribution in [2.45, 2.75) is 18.4 Å². The van der Waals surface area contributed by atoms with Gasteiger partial charge in [-0.3, -0.25) is 9.59 Å². The van der Waals surface area contributed by atoms with Crippen molar-refractivity contribution in [3.8, 4) is 0 Å². The van der Waals surface area contributed by atoms with E-state index < -0.39 is 36.3 Å². The van der Waals surface area contributed by atoms with Crippen molar-refractivity contribution in [2.75, 3.05) is 7.05 Å². The number of carboxylic acid groups (broad SMARTS) is 2. The second-order valence-electron chi connectivity index (χ2n) is 2.76. The molecule has 0 aromatic carbocycles. The Kier molecular flexibility index (Phi) is 4.03.